The van der Waals surface area contributed by atoms with Gasteiger partial charge in [-0.15, -0.1) is 0 Å². The predicted molar refractivity (Wildman–Crippen MR) is 84.7 cm³/mol. The maximum absolute atomic E-state index is 4.42. The van der Waals surface area contributed by atoms with Crippen LogP contribution in [0.4, 0.5) is 5.69 Å². The van der Waals surface area contributed by atoms with Crippen LogP contribution in [0.5, 0.6) is 0 Å². The van der Waals surface area contributed by atoms with Gasteiger partial charge in [0, 0.05) is 11.6 Å². The van der Waals surface area contributed by atoms with Crippen LogP contribution in [0.25, 0.3) is 11.4 Å². The van der Waals surface area contributed by atoms with Gasteiger partial charge >= 0.3 is 0 Å². The number of benzene rings is 1. The number of aromatic nitrogens is 2. The van der Waals surface area contributed by atoms with Gasteiger partial charge in [0.25, 0.3) is 0 Å². The zero-order chi connectivity index (χ0) is 14.2. The molecule has 0 spiro atoms. The average molecular weight is 269 g/mol. The third kappa shape index (κ3) is 4.34. The highest BCUT2D eigenvalue weighted by atomic mass is 15.0. The highest BCUT2D eigenvalue weighted by molar-refractivity contribution is 5.55. The molecule has 106 valence electrons. The molecule has 1 unspecified atom stereocenters. The molecule has 0 radical (unpaired) electrons. The monoisotopic (exact) mass is 269 g/mol. The number of anilines is 1. The zero-order valence-corrected chi connectivity index (χ0v) is 12.3. The molecule has 1 N–H and O–H groups in total. The Hall–Kier alpha value is -1.90. The molecule has 2 aromatic rings. The standard InChI is InChI=1S/C17H23N3/c1-3-4-6-9-14(2)20-16-12-18-17(19-13-16)15-10-7-5-8-11-15/h5,7-8,10-14,20H,3-4,6,9H2,1-2H3. The molecule has 3 nitrogen and oxygen atoms in total. The Morgan fingerprint density at radius 2 is 1.75 bits per heavy atom. The van der Waals surface area contributed by atoms with Crippen molar-refractivity contribution in [2.75, 3.05) is 5.32 Å². The van der Waals surface area contributed by atoms with Gasteiger partial charge in [0.05, 0.1) is 18.1 Å². The maximum Gasteiger partial charge on any atom is 0.159 e. The second kappa shape index (κ2) is 7.63. The lowest BCUT2D eigenvalue weighted by Gasteiger charge is -2.14. The first kappa shape index (κ1) is 14.5. The largest absolute Gasteiger partial charge is 0.380 e. The second-order valence-corrected chi connectivity index (χ2v) is 5.20. The predicted octanol–water partition coefficient (Wildman–Crippen LogP) is 4.52. The Morgan fingerprint density at radius 3 is 2.40 bits per heavy atom. The molecule has 1 aromatic carbocycles. The van der Waals surface area contributed by atoms with Crippen LogP contribution in [-0.4, -0.2) is 16.0 Å². The highest BCUT2D eigenvalue weighted by Gasteiger charge is 2.04. The first-order valence-electron chi connectivity index (χ1n) is 7.43. The first-order chi connectivity index (χ1) is 9.79. The summed E-state index contributed by atoms with van der Waals surface area (Å²) >= 11 is 0. The van der Waals surface area contributed by atoms with Crippen molar-refractivity contribution in [2.45, 2.75) is 45.6 Å². The summed E-state index contributed by atoms with van der Waals surface area (Å²) in [5.41, 5.74) is 2.05. The molecule has 2 rings (SSSR count). The Bertz CT molecular complexity index is 493. The molecular formula is C17H23N3. The summed E-state index contributed by atoms with van der Waals surface area (Å²) in [5, 5.41) is 3.45. The number of hydrogen-bond donors (Lipinski definition) is 1. The van der Waals surface area contributed by atoms with Crippen molar-refractivity contribution in [3.8, 4) is 11.4 Å². The zero-order valence-electron chi connectivity index (χ0n) is 12.3. The van der Waals surface area contributed by atoms with Gasteiger partial charge in [-0.25, -0.2) is 9.97 Å². The third-order valence-corrected chi connectivity index (χ3v) is 3.34. The molecule has 1 aromatic heterocycles. The summed E-state index contributed by atoms with van der Waals surface area (Å²) in [6.45, 7) is 4.44. The summed E-state index contributed by atoms with van der Waals surface area (Å²) < 4.78 is 0. The van der Waals surface area contributed by atoms with Crippen molar-refractivity contribution < 1.29 is 0 Å². The lowest BCUT2D eigenvalue weighted by atomic mass is 10.1. The molecule has 3 heteroatoms. The lowest BCUT2D eigenvalue weighted by Crippen LogP contribution is -2.15. The minimum Gasteiger partial charge on any atom is -0.380 e. The Balaban J connectivity index is 1.92. The SMILES string of the molecule is CCCCCC(C)Nc1cnc(-c2ccccc2)nc1. The lowest BCUT2D eigenvalue weighted by molar-refractivity contribution is 0.615. The van der Waals surface area contributed by atoms with Crippen LogP contribution in [0.2, 0.25) is 0 Å². The Morgan fingerprint density at radius 1 is 1.05 bits per heavy atom. The fourth-order valence-corrected chi connectivity index (χ4v) is 2.20. The molecule has 1 heterocycles. The second-order valence-electron chi connectivity index (χ2n) is 5.20. The van der Waals surface area contributed by atoms with Crippen LogP contribution in [0, 0.1) is 0 Å². The summed E-state index contributed by atoms with van der Waals surface area (Å²) in [5.74, 6) is 0.773. The molecule has 1 atom stereocenters. The van der Waals surface area contributed by atoms with E-state index in [0.29, 0.717) is 6.04 Å². The molecule has 0 amide bonds. The molecule has 20 heavy (non-hydrogen) atoms. The van der Waals surface area contributed by atoms with E-state index in [1.165, 1.54) is 25.7 Å². The van der Waals surface area contributed by atoms with Gasteiger partial charge in [0.1, 0.15) is 0 Å². The summed E-state index contributed by atoms with van der Waals surface area (Å²) in [6.07, 6.45) is 8.76. The van der Waals surface area contributed by atoms with Crippen molar-refractivity contribution in [3.63, 3.8) is 0 Å². The molecule has 0 aliphatic heterocycles. The van der Waals surface area contributed by atoms with E-state index in [0.717, 1.165) is 17.1 Å². The van der Waals surface area contributed by atoms with Crippen LogP contribution in [0.3, 0.4) is 0 Å². The molecule has 0 fully saturated rings. The Kier molecular flexibility index (Phi) is 5.54. The molecular weight excluding hydrogens is 246 g/mol. The quantitative estimate of drug-likeness (QED) is 0.751. The van der Waals surface area contributed by atoms with E-state index in [1.54, 1.807) is 0 Å². The minimum absolute atomic E-state index is 0.465. The molecule has 0 aliphatic rings. The molecule has 0 bridgehead atoms. The van der Waals surface area contributed by atoms with Crippen LogP contribution in [0.1, 0.15) is 39.5 Å². The van der Waals surface area contributed by atoms with E-state index in [-0.39, 0.29) is 0 Å². The summed E-state index contributed by atoms with van der Waals surface area (Å²) in [4.78, 5) is 8.85. The summed E-state index contributed by atoms with van der Waals surface area (Å²) in [6, 6.07) is 10.5. The van der Waals surface area contributed by atoms with Crippen molar-refractivity contribution >= 4 is 5.69 Å². The normalized spacial score (nSPS) is 12.1. The first-order valence-corrected chi connectivity index (χ1v) is 7.43. The van der Waals surface area contributed by atoms with E-state index in [1.807, 2.05) is 42.7 Å². The van der Waals surface area contributed by atoms with E-state index in [2.05, 4.69) is 29.1 Å². The van der Waals surface area contributed by atoms with Crippen LogP contribution in [-0.2, 0) is 0 Å². The van der Waals surface area contributed by atoms with Gasteiger partial charge < -0.3 is 5.32 Å². The number of nitrogens with one attached hydrogen (secondary N) is 1. The van der Waals surface area contributed by atoms with E-state index in [9.17, 15) is 0 Å². The van der Waals surface area contributed by atoms with Crippen LogP contribution < -0.4 is 5.32 Å². The third-order valence-electron chi connectivity index (χ3n) is 3.34. The van der Waals surface area contributed by atoms with Gasteiger partial charge in [0.15, 0.2) is 5.82 Å². The fraction of sp³-hybridized carbons (Fsp3) is 0.412. The molecule has 0 saturated heterocycles. The van der Waals surface area contributed by atoms with Crippen molar-refractivity contribution in [2.24, 2.45) is 0 Å². The van der Waals surface area contributed by atoms with Crippen LogP contribution in [0.15, 0.2) is 42.7 Å². The van der Waals surface area contributed by atoms with Gasteiger partial charge in [-0.05, 0) is 13.3 Å². The van der Waals surface area contributed by atoms with Crippen LogP contribution >= 0.6 is 0 Å². The Labute approximate surface area is 121 Å². The minimum atomic E-state index is 0.465. The highest BCUT2D eigenvalue weighted by Crippen LogP contribution is 2.16. The molecule has 0 saturated carbocycles. The van der Waals surface area contributed by atoms with Gasteiger partial charge in [-0.1, -0.05) is 56.5 Å². The number of nitrogens with zero attached hydrogens (tertiary/aromatic N) is 2. The van der Waals surface area contributed by atoms with Crippen molar-refractivity contribution in [1.29, 1.82) is 0 Å². The van der Waals surface area contributed by atoms with Gasteiger partial charge in [-0.2, -0.15) is 0 Å². The van der Waals surface area contributed by atoms with Gasteiger partial charge in [-0.3, -0.25) is 0 Å². The van der Waals surface area contributed by atoms with Crippen molar-refractivity contribution in [3.05, 3.63) is 42.7 Å². The summed E-state index contributed by atoms with van der Waals surface area (Å²) in [7, 11) is 0. The smallest absolute Gasteiger partial charge is 0.159 e. The fourth-order valence-electron chi connectivity index (χ4n) is 2.20. The van der Waals surface area contributed by atoms with Crippen molar-refractivity contribution in [1.82, 2.24) is 9.97 Å². The van der Waals surface area contributed by atoms with E-state index in [4.69, 9.17) is 0 Å². The topological polar surface area (TPSA) is 37.8 Å². The number of rotatable bonds is 7. The molecule has 0 aliphatic carbocycles. The van der Waals surface area contributed by atoms with E-state index < -0.39 is 0 Å². The maximum atomic E-state index is 4.42. The van der Waals surface area contributed by atoms with Gasteiger partial charge in [0.2, 0.25) is 0 Å². The van der Waals surface area contributed by atoms with E-state index >= 15 is 0 Å². The average Bonchev–Trinajstić information content (AvgIpc) is 2.49. The number of unbranched alkanes of at least 4 members (excludes halogenated alkanes) is 2. The number of hydrogen-bond acceptors (Lipinski definition) is 3.